The zero-order chi connectivity index (χ0) is 8.57. The summed E-state index contributed by atoms with van der Waals surface area (Å²) in [4.78, 5) is 0. The van der Waals surface area contributed by atoms with Gasteiger partial charge in [0, 0.05) is 14.1 Å². The van der Waals surface area contributed by atoms with E-state index in [1.807, 2.05) is 0 Å². The minimum absolute atomic E-state index is 0. The summed E-state index contributed by atoms with van der Waals surface area (Å²) in [6.45, 7) is 0. The molecule has 68 valence electrons. The van der Waals surface area contributed by atoms with E-state index in [1.165, 1.54) is 0 Å². The Morgan fingerprint density at radius 3 is 1.42 bits per heavy atom. The Kier molecular flexibility index (Phi) is 35.2. The normalized spacial score (nSPS) is 5.58. The third-order valence-corrected chi connectivity index (χ3v) is 1.25. The molecule has 0 bridgehead atoms. The van der Waals surface area contributed by atoms with Crippen LogP contribution in [0, 0.1) is 0 Å². The van der Waals surface area contributed by atoms with Gasteiger partial charge in [-0.3, -0.25) is 0 Å². The quantitative estimate of drug-likeness (QED) is 0.167. The van der Waals surface area contributed by atoms with E-state index in [2.05, 4.69) is 60.3 Å². The fourth-order valence-corrected chi connectivity index (χ4v) is 0. The van der Waals surface area contributed by atoms with Gasteiger partial charge in [0.15, 0.2) is 0 Å². The van der Waals surface area contributed by atoms with Crippen molar-refractivity contribution in [3.8, 4) is 0 Å². The molecule has 0 spiro atoms. The van der Waals surface area contributed by atoms with E-state index in [4.69, 9.17) is 0 Å². The van der Waals surface area contributed by atoms with Crippen molar-refractivity contribution in [2.45, 2.75) is 0 Å². The maximum Gasteiger partial charge on any atom is 1.00 e. The van der Waals surface area contributed by atoms with Crippen LogP contribution in [0.15, 0.2) is 0 Å². The fourth-order valence-electron chi connectivity index (χ4n) is 0. The summed E-state index contributed by atoms with van der Waals surface area (Å²) < 4.78 is 0.954. The second-order valence-corrected chi connectivity index (χ2v) is 3.33. The minimum Gasteiger partial charge on any atom is -0.412 e. The number of nitrogens with one attached hydrogen (secondary N) is 2. The molecule has 12 heavy (non-hydrogen) atoms. The van der Waals surface area contributed by atoms with Crippen molar-refractivity contribution in [1.29, 1.82) is 0 Å². The van der Waals surface area contributed by atoms with Crippen LogP contribution in [0.1, 0.15) is 0 Å². The number of hydrogen-bond donors (Lipinski definition) is 4. The van der Waals surface area contributed by atoms with E-state index in [0.717, 1.165) is 0 Å². The minimum atomic E-state index is 0. The van der Waals surface area contributed by atoms with Gasteiger partial charge in [0.05, 0.1) is 0 Å². The van der Waals surface area contributed by atoms with Gasteiger partial charge in [-0.1, -0.05) is 16.5 Å². The maximum absolute atomic E-state index is 4.45. The fraction of sp³-hybridized carbons (Fsp3) is 0.500. The first-order valence-corrected chi connectivity index (χ1v) is 4.01. The summed E-state index contributed by atoms with van der Waals surface area (Å²) in [6, 6.07) is 0. The molecule has 0 aromatic carbocycles. The molecular formula is C4H12N3NaS4. The molecule has 0 aliphatic heterocycles. The largest absolute Gasteiger partial charge is 1.00 e. The van der Waals surface area contributed by atoms with Gasteiger partial charge in [-0.25, -0.2) is 0 Å². The van der Waals surface area contributed by atoms with Crippen LogP contribution in [-0.2, 0) is 12.6 Å². The molecule has 8 heteroatoms. The Morgan fingerprint density at radius 1 is 1.25 bits per heavy atom. The van der Waals surface area contributed by atoms with Crippen LogP contribution >= 0.6 is 37.1 Å². The van der Waals surface area contributed by atoms with E-state index in [0.29, 0.717) is 8.64 Å². The zero-order valence-electron chi connectivity index (χ0n) is 7.38. The summed E-state index contributed by atoms with van der Waals surface area (Å²) >= 11 is 17.0. The molecule has 3 nitrogen and oxygen atoms in total. The Morgan fingerprint density at radius 2 is 1.42 bits per heavy atom. The number of hydrogen-bond acceptors (Lipinski definition) is 4. The van der Waals surface area contributed by atoms with Gasteiger partial charge in [-0.2, -0.15) is 0 Å². The molecule has 0 heterocycles. The van der Waals surface area contributed by atoms with Gasteiger partial charge in [0.1, 0.15) is 4.32 Å². The molecule has 0 fully saturated rings. The van der Waals surface area contributed by atoms with Crippen molar-refractivity contribution in [3.05, 3.63) is 0 Å². The third-order valence-electron chi connectivity index (χ3n) is 0.418. The van der Waals surface area contributed by atoms with Gasteiger partial charge in [-0.05, 0) is 0 Å². The van der Waals surface area contributed by atoms with E-state index in [-0.39, 0.29) is 35.7 Å². The van der Waals surface area contributed by atoms with Crippen LogP contribution in [0.3, 0.4) is 0 Å². The van der Waals surface area contributed by atoms with Crippen LogP contribution < -0.4 is 46.3 Å². The van der Waals surface area contributed by atoms with Crippen molar-refractivity contribution in [2.24, 2.45) is 0 Å². The van der Waals surface area contributed by atoms with Gasteiger partial charge in [0.2, 0.25) is 0 Å². The van der Waals surface area contributed by atoms with E-state index >= 15 is 0 Å². The van der Waals surface area contributed by atoms with Crippen LogP contribution in [-0.4, -0.2) is 22.7 Å². The van der Waals surface area contributed by atoms with Crippen molar-refractivity contribution in [3.63, 3.8) is 0 Å². The molecule has 0 rings (SSSR count). The molecule has 5 N–H and O–H groups in total. The Bertz CT molecular complexity index is 107. The van der Waals surface area contributed by atoms with Crippen molar-refractivity contribution < 1.29 is 29.6 Å². The summed E-state index contributed by atoms with van der Waals surface area (Å²) in [5, 5.41) is 5.20. The first kappa shape index (κ1) is 23.3. The first-order valence-electron chi connectivity index (χ1n) is 2.34. The van der Waals surface area contributed by atoms with Crippen molar-refractivity contribution in [1.82, 2.24) is 16.8 Å². The molecule has 0 aliphatic rings. The Labute approximate surface area is 118 Å². The monoisotopic (exact) mass is 253 g/mol. The van der Waals surface area contributed by atoms with Gasteiger partial charge in [-0.15, -0.1) is 12.6 Å². The summed E-state index contributed by atoms with van der Waals surface area (Å²) in [6.07, 6.45) is 0. The molecule has 0 saturated carbocycles. The Balaban J connectivity index is -0.0000000457. The summed E-state index contributed by atoms with van der Waals surface area (Å²) in [5.74, 6) is 0. The molecule has 0 saturated heterocycles. The van der Waals surface area contributed by atoms with Crippen molar-refractivity contribution in [2.75, 3.05) is 14.1 Å². The molecule has 0 aromatic heterocycles. The third kappa shape index (κ3) is 42.6. The average molecular weight is 253 g/mol. The predicted molar refractivity (Wildman–Crippen MR) is 64.7 cm³/mol. The summed E-state index contributed by atoms with van der Waals surface area (Å²) in [5.41, 5.74) is 0. The topological polar surface area (TPSA) is 59.1 Å². The van der Waals surface area contributed by atoms with Gasteiger partial charge >= 0.3 is 29.6 Å². The molecule has 0 radical (unpaired) electrons. The van der Waals surface area contributed by atoms with Crippen LogP contribution in [0.25, 0.3) is 0 Å². The second kappa shape index (κ2) is 18.2. The Hall–Kier alpha value is 1.31. The predicted octanol–water partition coefficient (Wildman–Crippen LogP) is -2.38. The van der Waals surface area contributed by atoms with Crippen LogP contribution in [0.2, 0.25) is 0 Å². The van der Waals surface area contributed by atoms with E-state index in [9.17, 15) is 0 Å². The molecule has 0 amide bonds. The molecule has 0 atom stereocenters. The standard InChI is InChI=1S/2C2H5NS2.H3N.Na/c2*1-3-2(4)5;;/h2*1H3,(H2,3,4,5);1H3;/q;;;+1/p-1. The number of rotatable bonds is 0. The van der Waals surface area contributed by atoms with Gasteiger partial charge < -0.3 is 41.6 Å². The maximum atomic E-state index is 4.45. The smallest absolute Gasteiger partial charge is 0.412 e. The first-order chi connectivity index (χ1) is 4.54. The van der Waals surface area contributed by atoms with Crippen LogP contribution in [0.4, 0.5) is 0 Å². The molecule has 0 aromatic rings. The second-order valence-electron chi connectivity index (χ2n) is 1.09. The molecule has 0 unspecified atom stereocenters. The van der Waals surface area contributed by atoms with Crippen LogP contribution in [0.5, 0.6) is 0 Å². The zero-order valence-corrected chi connectivity index (χ0v) is 12.7. The van der Waals surface area contributed by atoms with Crippen molar-refractivity contribution >= 4 is 58.3 Å². The SMILES string of the molecule is CNC(=S)S.CNC(=S)[S-].N.[Na+]. The van der Waals surface area contributed by atoms with Gasteiger partial charge in [0.25, 0.3) is 0 Å². The number of thiol groups is 1. The molecule has 0 aliphatic carbocycles. The number of thiocarbonyl (C=S) groups is 2. The average Bonchev–Trinajstić information content (AvgIpc) is 1.89. The molecular weight excluding hydrogens is 241 g/mol. The van der Waals surface area contributed by atoms with E-state index in [1.54, 1.807) is 14.1 Å². The van der Waals surface area contributed by atoms with E-state index < -0.39 is 0 Å². The summed E-state index contributed by atoms with van der Waals surface area (Å²) in [7, 11) is 3.44.